The Morgan fingerprint density at radius 1 is 1.58 bits per heavy atom. The van der Waals surface area contributed by atoms with Crippen LogP contribution in [0.5, 0.6) is 0 Å². The number of nitrogens with zero attached hydrogens (tertiary/aromatic N) is 1. The third-order valence-electron chi connectivity index (χ3n) is 1.25. The minimum absolute atomic E-state index is 0.0824. The zero-order valence-electron chi connectivity index (χ0n) is 5.78. The molecule has 1 atom stereocenters. The Labute approximate surface area is 76.9 Å². The van der Waals surface area contributed by atoms with Crippen LogP contribution in [-0.2, 0) is 11.1 Å². The lowest BCUT2D eigenvalue weighted by Gasteiger charge is -2.04. The minimum atomic E-state index is -2.29. The van der Waals surface area contributed by atoms with Crippen molar-refractivity contribution in [2.24, 2.45) is 0 Å². The zero-order valence-corrected chi connectivity index (χ0v) is 7.35. The molecule has 3 nitrogen and oxygen atoms in total. The predicted octanol–water partition coefficient (Wildman–Crippen LogP) is 1.45. The molecule has 0 saturated carbocycles. The van der Waals surface area contributed by atoms with Gasteiger partial charge in [-0.1, -0.05) is 11.6 Å². The van der Waals surface area contributed by atoms with Gasteiger partial charge in [-0.15, -0.1) is 0 Å². The summed E-state index contributed by atoms with van der Waals surface area (Å²) < 4.78 is 20.8. The Morgan fingerprint density at radius 2 is 2.25 bits per heavy atom. The van der Waals surface area contributed by atoms with E-state index in [2.05, 4.69) is 0 Å². The first-order valence-corrected chi connectivity index (χ1v) is 4.39. The number of nitriles is 1. The molecule has 0 heterocycles. The van der Waals surface area contributed by atoms with Crippen molar-refractivity contribution in [1.29, 1.82) is 5.26 Å². The van der Waals surface area contributed by atoms with Crippen molar-refractivity contribution in [2.45, 2.75) is 4.90 Å². The molecule has 0 saturated heterocycles. The largest absolute Gasteiger partial charge is 0.768 e. The molecule has 0 fully saturated rings. The number of halogens is 1. The molecule has 1 rings (SSSR count). The van der Waals surface area contributed by atoms with Gasteiger partial charge in [-0.2, -0.15) is 5.26 Å². The van der Waals surface area contributed by atoms with E-state index in [0.717, 1.165) is 0 Å². The summed E-state index contributed by atoms with van der Waals surface area (Å²) in [6.45, 7) is 0. The first kappa shape index (κ1) is 9.20. The van der Waals surface area contributed by atoms with Crippen molar-refractivity contribution in [3.63, 3.8) is 0 Å². The highest BCUT2D eigenvalue weighted by atomic mass is 35.5. The van der Waals surface area contributed by atoms with Gasteiger partial charge in [-0.05, 0) is 29.3 Å². The van der Waals surface area contributed by atoms with Crippen LogP contribution in [0.15, 0.2) is 23.1 Å². The molecule has 0 N–H and O–H groups in total. The summed E-state index contributed by atoms with van der Waals surface area (Å²) in [7, 11) is 0. The summed E-state index contributed by atoms with van der Waals surface area (Å²) in [5, 5.41) is 8.61. The van der Waals surface area contributed by atoms with Gasteiger partial charge in [0.1, 0.15) is 6.07 Å². The highest BCUT2D eigenvalue weighted by Gasteiger charge is 2.00. The van der Waals surface area contributed by atoms with Gasteiger partial charge in [-0.25, -0.2) is 0 Å². The molecule has 62 valence electrons. The average molecular weight is 201 g/mol. The highest BCUT2D eigenvalue weighted by Crippen LogP contribution is 2.18. The normalized spacial score (nSPS) is 12.1. The maximum atomic E-state index is 10.4. The molecule has 0 spiro atoms. The van der Waals surface area contributed by atoms with E-state index < -0.39 is 11.1 Å². The van der Waals surface area contributed by atoms with Crippen LogP contribution < -0.4 is 0 Å². The van der Waals surface area contributed by atoms with Crippen LogP contribution >= 0.6 is 11.6 Å². The molecule has 1 aromatic rings. The molecule has 5 heteroatoms. The smallest absolute Gasteiger partial charge is 0.101 e. The Kier molecular flexibility index (Phi) is 2.82. The molecule has 0 radical (unpaired) electrons. The maximum absolute atomic E-state index is 10.4. The summed E-state index contributed by atoms with van der Waals surface area (Å²) in [6, 6.07) is 5.76. The van der Waals surface area contributed by atoms with Crippen LogP contribution in [0.1, 0.15) is 5.56 Å². The predicted molar refractivity (Wildman–Crippen MR) is 43.4 cm³/mol. The second-order valence-corrected chi connectivity index (χ2v) is 3.34. The quantitative estimate of drug-likeness (QED) is 0.645. The van der Waals surface area contributed by atoms with Crippen molar-refractivity contribution < 1.29 is 8.76 Å². The van der Waals surface area contributed by atoms with E-state index in [1.54, 1.807) is 0 Å². The monoisotopic (exact) mass is 200 g/mol. The van der Waals surface area contributed by atoms with Crippen LogP contribution in [0.2, 0.25) is 5.02 Å². The van der Waals surface area contributed by atoms with Crippen LogP contribution in [-0.4, -0.2) is 8.76 Å². The third-order valence-corrected chi connectivity index (χ3v) is 2.20. The highest BCUT2D eigenvalue weighted by molar-refractivity contribution is 7.79. The number of hydrogen-bond donors (Lipinski definition) is 0. The summed E-state index contributed by atoms with van der Waals surface area (Å²) in [6.07, 6.45) is 0. The lowest BCUT2D eigenvalue weighted by Crippen LogP contribution is -1.89. The van der Waals surface area contributed by atoms with Crippen LogP contribution in [0.3, 0.4) is 0 Å². The molecular formula is C7H3ClNO2S-. The van der Waals surface area contributed by atoms with Gasteiger partial charge >= 0.3 is 0 Å². The number of benzene rings is 1. The van der Waals surface area contributed by atoms with E-state index in [1.165, 1.54) is 18.2 Å². The first-order valence-electron chi connectivity index (χ1n) is 2.94. The number of hydrogen-bond acceptors (Lipinski definition) is 3. The average Bonchev–Trinajstić information content (AvgIpc) is 2.04. The maximum Gasteiger partial charge on any atom is 0.101 e. The minimum Gasteiger partial charge on any atom is -0.768 e. The van der Waals surface area contributed by atoms with Crippen LogP contribution in [0, 0.1) is 11.3 Å². The van der Waals surface area contributed by atoms with E-state index in [0.29, 0.717) is 0 Å². The lowest BCUT2D eigenvalue weighted by atomic mass is 10.2. The summed E-state index contributed by atoms with van der Waals surface area (Å²) in [4.78, 5) is 0.0824. The fraction of sp³-hybridized carbons (Fsp3) is 0. The SMILES string of the molecule is N#Cc1ccc(S(=O)[O-])cc1Cl. The van der Waals surface area contributed by atoms with Gasteiger partial charge in [0.2, 0.25) is 0 Å². The second kappa shape index (κ2) is 3.68. The molecule has 1 aromatic carbocycles. The van der Waals surface area contributed by atoms with Gasteiger partial charge in [0.05, 0.1) is 10.6 Å². The van der Waals surface area contributed by atoms with Crippen LogP contribution in [0.4, 0.5) is 0 Å². The second-order valence-electron chi connectivity index (χ2n) is 1.99. The first-order chi connectivity index (χ1) is 5.65. The summed E-state index contributed by atoms with van der Waals surface area (Å²) in [5.41, 5.74) is 0.269. The van der Waals surface area contributed by atoms with Crippen molar-refractivity contribution >= 4 is 22.7 Å². The Bertz CT molecular complexity index is 372. The van der Waals surface area contributed by atoms with E-state index in [1.807, 2.05) is 6.07 Å². The van der Waals surface area contributed by atoms with E-state index in [9.17, 15) is 8.76 Å². The molecule has 1 unspecified atom stereocenters. The molecule has 0 aliphatic heterocycles. The Hall–Kier alpha value is -0.890. The topological polar surface area (TPSA) is 63.9 Å². The van der Waals surface area contributed by atoms with Gasteiger partial charge in [0.15, 0.2) is 0 Å². The zero-order chi connectivity index (χ0) is 9.14. The molecule has 12 heavy (non-hydrogen) atoms. The van der Waals surface area contributed by atoms with Crippen molar-refractivity contribution in [3.8, 4) is 6.07 Å². The summed E-state index contributed by atoms with van der Waals surface area (Å²) in [5.74, 6) is 0. The third kappa shape index (κ3) is 1.83. The van der Waals surface area contributed by atoms with Crippen LogP contribution in [0.25, 0.3) is 0 Å². The lowest BCUT2D eigenvalue weighted by molar-refractivity contribution is 0.537. The Morgan fingerprint density at radius 3 is 2.67 bits per heavy atom. The van der Waals surface area contributed by atoms with E-state index in [-0.39, 0.29) is 15.5 Å². The number of rotatable bonds is 1. The van der Waals surface area contributed by atoms with Crippen molar-refractivity contribution in [2.75, 3.05) is 0 Å². The molecule has 0 aromatic heterocycles. The molecule has 0 aliphatic carbocycles. The van der Waals surface area contributed by atoms with Gasteiger partial charge in [0.25, 0.3) is 0 Å². The summed E-state index contributed by atoms with van der Waals surface area (Å²) >= 11 is 3.28. The van der Waals surface area contributed by atoms with Gasteiger partial charge in [0, 0.05) is 4.90 Å². The van der Waals surface area contributed by atoms with E-state index in [4.69, 9.17) is 16.9 Å². The van der Waals surface area contributed by atoms with Crippen molar-refractivity contribution in [1.82, 2.24) is 0 Å². The molecule has 0 bridgehead atoms. The van der Waals surface area contributed by atoms with Crippen molar-refractivity contribution in [3.05, 3.63) is 28.8 Å². The molecule has 0 amide bonds. The molecular weight excluding hydrogens is 198 g/mol. The Balaban J connectivity index is 3.21. The molecule has 0 aliphatic rings. The standard InChI is InChI=1S/C7H4ClNO2S/c8-7-3-6(12(10)11)2-1-5(7)4-9/h1-3H,(H,10,11)/p-1. The fourth-order valence-corrected chi connectivity index (χ4v) is 1.37. The van der Waals surface area contributed by atoms with Gasteiger partial charge in [-0.3, -0.25) is 4.21 Å². The van der Waals surface area contributed by atoms with Gasteiger partial charge < -0.3 is 4.55 Å². The van der Waals surface area contributed by atoms with E-state index >= 15 is 0 Å². The fourth-order valence-electron chi connectivity index (χ4n) is 0.690.